The Morgan fingerprint density at radius 2 is 1.67 bits per heavy atom. The SMILES string of the molecule is Fc1cc(CNCCCCOCCNc2cc(-c3ccncc3)c(F)c3[nH]ncc23)cc(F)c1OC(F)(F)F. The summed E-state index contributed by atoms with van der Waals surface area (Å²) >= 11 is 0. The summed E-state index contributed by atoms with van der Waals surface area (Å²) in [4.78, 5) is 3.97. The van der Waals surface area contributed by atoms with Gasteiger partial charge in [0.15, 0.2) is 17.5 Å². The number of H-pyrrole nitrogens is 1. The molecule has 0 aliphatic heterocycles. The van der Waals surface area contributed by atoms with Gasteiger partial charge < -0.3 is 20.1 Å². The summed E-state index contributed by atoms with van der Waals surface area (Å²) in [7, 11) is 0. The molecule has 208 valence electrons. The van der Waals surface area contributed by atoms with Gasteiger partial charge in [0.2, 0.25) is 5.75 Å². The topological polar surface area (TPSA) is 84.1 Å². The van der Waals surface area contributed by atoms with Crippen molar-refractivity contribution in [2.24, 2.45) is 0 Å². The van der Waals surface area contributed by atoms with Crippen LogP contribution in [0.5, 0.6) is 5.75 Å². The third-order valence-corrected chi connectivity index (χ3v) is 5.72. The number of aromatic nitrogens is 3. The van der Waals surface area contributed by atoms with Crippen LogP contribution in [0.15, 0.2) is 48.9 Å². The minimum absolute atomic E-state index is 0.0759. The van der Waals surface area contributed by atoms with Crippen LogP contribution >= 0.6 is 0 Å². The Balaban J connectivity index is 1.15. The van der Waals surface area contributed by atoms with Gasteiger partial charge in [0.1, 0.15) is 5.52 Å². The Morgan fingerprint density at radius 1 is 0.923 bits per heavy atom. The number of hydrogen-bond acceptors (Lipinski definition) is 6. The van der Waals surface area contributed by atoms with Crippen LogP contribution in [0.1, 0.15) is 18.4 Å². The van der Waals surface area contributed by atoms with Crippen LogP contribution in [-0.4, -0.2) is 47.8 Å². The molecule has 2 aromatic heterocycles. The summed E-state index contributed by atoms with van der Waals surface area (Å²) in [6.45, 7) is 1.94. The van der Waals surface area contributed by atoms with Crippen molar-refractivity contribution in [2.75, 3.05) is 31.6 Å². The largest absolute Gasteiger partial charge is 0.573 e. The van der Waals surface area contributed by atoms with Crippen LogP contribution in [0, 0.1) is 17.5 Å². The van der Waals surface area contributed by atoms with Gasteiger partial charge >= 0.3 is 6.36 Å². The van der Waals surface area contributed by atoms with Crippen molar-refractivity contribution in [1.82, 2.24) is 20.5 Å². The van der Waals surface area contributed by atoms with E-state index in [1.807, 2.05) is 0 Å². The minimum atomic E-state index is -5.18. The van der Waals surface area contributed by atoms with Crippen molar-refractivity contribution in [3.8, 4) is 16.9 Å². The Morgan fingerprint density at radius 3 is 2.38 bits per heavy atom. The van der Waals surface area contributed by atoms with Crippen molar-refractivity contribution in [3.05, 3.63) is 71.9 Å². The second-order valence-electron chi connectivity index (χ2n) is 8.54. The number of unbranched alkanes of at least 4 members (excludes halogenated alkanes) is 1. The smallest absolute Gasteiger partial charge is 0.399 e. The van der Waals surface area contributed by atoms with Crippen LogP contribution in [0.2, 0.25) is 0 Å². The van der Waals surface area contributed by atoms with Crippen molar-refractivity contribution in [2.45, 2.75) is 25.7 Å². The van der Waals surface area contributed by atoms with Crippen molar-refractivity contribution < 1.29 is 35.8 Å². The fraction of sp³-hybridized carbons (Fsp3) is 0.308. The fourth-order valence-corrected chi connectivity index (χ4v) is 3.94. The van der Waals surface area contributed by atoms with Gasteiger partial charge in [-0.25, -0.2) is 13.2 Å². The number of fused-ring (bicyclic) bond motifs is 1. The lowest BCUT2D eigenvalue weighted by atomic mass is 10.0. The van der Waals surface area contributed by atoms with E-state index in [4.69, 9.17) is 4.74 Å². The number of pyridine rings is 1. The monoisotopic (exact) mass is 553 g/mol. The lowest BCUT2D eigenvalue weighted by Crippen LogP contribution is -2.20. The first kappa shape index (κ1) is 28.2. The molecular formula is C26H25F6N5O2. The zero-order chi connectivity index (χ0) is 27.8. The van der Waals surface area contributed by atoms with Crippen LogP contribution in [0.3, 0.4) is 0 Å². The molecule has 39 heavy (non-hydrogen) atoms. The molecule has 0 unspecified atom stereocenters. The first-order valence-electron chi connectivity index (χ1n) is 12.0. The van der Waals surface area contributed by atoms with Crippen molar-refractivity contribution in [1.29, 1.82) is 0 Å². The van der Waals surface area contributed by atoms with Gasteiger partial charge in [-0.2, -0.15) is 5.10 Å². The Bertz CT molecular complexity index is 1360. The molecule has 0 saturated heterocycles. The molecule has 3 N–H and O–H groups in total. The molecule has 13 heteroatoms. The molecule has 0 atom stereocenters. The maximum atomic E-state index is 15.0. The zero-order valence-electron chi connectivity index (χ0n) is 20.5. The third-order valence-electron chi connectivity index (χ3n) is 5.72. The first-order valence-corrected chi connectivity index (χ1v) is 12.0. The van der Waals surface area contributed by atoms with Gasteiger partial charge in [0.25, 0.3) is 0 Å². The van der Waals surface area contributed by atoms with E-state index in [-0.39, 0.29) is 12.1 Å². The molecule has 0 spiro atoms. The Labute approximate surface area is 219 Å². The van der Waals surface area contributed by atoms with E-state index in [9.17, 15) is 26.3 Å². The standard InChI is InChI=1S/C26H25F6N5O2/c27-20-11-16(12-21(28)25(20)39-26(30,31)32)14-34-5-1-2-9-38-10-8-35-22-13-18(17-3-6-33-7-4-17)23(29)24-19(22)15-36-37-24/h3-4,6-7,11-13,15,34-35H,1-2,5,8-10,14H2,(H,36,37). The maximum absolute atomic E-state index is 15.0. The summed E-state index contributed by atoms with van der Waals surface area (Å²) in [6, 6.07) is 6.77. The van der Waals surface area contributed by atoms with Crippen LogP contribution in [0.4, 0.5) is 32.0 Å². The summed E-state index contributed by atoms with van der Waals surface area (Å²) in [5.41, 5.74) is 2.28. The summed E-state index contributed by atoms with van der Waals surface area (Å²) in [5.74, 6) is -4.71. The second kappa shape index (κ2) is 12.8. The van der Waals surface area contributed by atoms with E-state index in [2.05, 4.69) is 30.6 Å². The lowest BCUT2D eigenvalue weighted by molar-refractivity contribution is -0.276. The van der Waals surface area contributed by atoms with Gasteiger partial charge in [-0.15, -0.1) is 13.2 Å². The Kier molecular flexibility index (Phi) is 9.25. The van der Waals surface area contributed by atoms with Crippen molar-refractivity contribution >= 4 is 16.6 Å². The van der Waals surface area contributed by atoms with Crippen molar-refractivity contribution in [3.63, 3.8) is 0 Å². The second-order valence-corrected chi connectivity index (χ2v) is 8.54. The molecular weight excluding hydrogens is 528 g/mol. The van der Waals surface area contributed by atoms with E-state index in [0.29, 0.717) is 66.9 Å². The van der Waals surface area contributed by atoms with E-state index in [1.54, 1.807) is 36.8 Å². The van der Waals surface area contributed by atoms with E-state index >= 15 is 0 Å². The normalized spacial score (nSPS) is 11.7. The highest BCUT2D eigenvalue weighted by Gasteiger charge is 2.34. The molecule has 4 rings (SSSR count). The number of benzene rings is 2. The molecule has 0 saturated carbocycles. The highest BCUT2D eigenvalue weighted by atomic mass is 19.4. The summed E-state index contributed by atoms with van der Waals surface area (Å²) in [5, 5.41) is 13.5. The van der Waals surface area contributed by atoms with E-state index < -0.39 is 29.6 Å². The lowest BCUT2D eigenvalue weighted by Gasteiger charge is -2.12. The zero-order valence-corrected chi connectivity index (χ0v) is 20.5. The number of nitrogens with one attached hydrogen (secondary N) is 3. The summed E-state index contributed by atoms with van der Waals surface area (Å²) in [6.07, 6.45) is 0.974. The van der Waals surface area contributed by atoms with Gasteiger partial charge in [0.05, 0.1) is 12.8 Å². The Hall–Kier alpha value is -3.84. The first-order chi connectivity index (χ1) is 18.7. The molecule has 0 radical (unpaired) electrons. The average Bonchev–Trinajstić information content (AvgIpc) is 3.39. The van der Waals surface area contributed by atoms with Gasteiger partial charge in [0, 0.05) is 48.7 Å². The molecule has 0 bridgehead atoms. The molecule has 2 aromatic carbocycles. The maximum Gasteiger partial charge on any atom is 0.573 e. The number of halogens is 6. The average molecular weight is 554 g/mol. The van der Waals surface area contributed by atoms with E-state index in [0.717, 1.165) is 12.1 Å². The quantitative estimate of drug-likeness (QED) is 0.140. The number of nitrogens with zero attached hydrogens (tertiary/aromatic N) is 2. The highest BCUT2D eigenvalue weighted by Crippen LogP contribution is 2.33. The van der Waals surface area contributed by atoms with Gasteiger partial charge in [-0.3, -0.25) is 10.1 Å². The predicted molar refractivity (Wildman–Crippen MR) is 133 cm³/mol. The number of hydrogen-bond donors (Lipinski definition) is 3. The predicted octanol–water partition coefficient (Wildman–Crippen LogP) is 5.94. The van der Waals surface area contributed by atoms with Crippen LogP contribution in [0.25, 0.3) is 22.0 Å². The van der Waals surface area contributed by atoms with Crippen LogP contribution < -0.4 is 15.4 Å². The third kappa shape index (κ3) is 7.60. The minimum Gasteiger partial charge on any atom is -0.399 e. The highest BCUT2D eigenvalue weighted by molar-refractivity contribution is 5.95. The molecule has 0 fully saturated rings. The summed E-state index contributed by atoms with van der Waals surface area (Å²) < 4.78 is 88.2. The number of anilines is 1. The molecule has 2 heterocycles. The van der Waals surface area contributed by atoms with E-state index in [1.165, 1.54) is 0 Å². The molecule has 7 nitrogen and oxygen atoms in total. The van der Waals surface area contributed by atoms with Gasteiger partial charge in [-0.05, 0) is 60.8 Å². The fourth-order valence-electron chi connectivity index (χ4n) is 3.94. The number of aromatic amines is 1. The molecule has 0 amide bonds. The molecule has 0 aliphatic carbocycles. The number of rotatable bonds is 13. The van der Waals surface area contributed by atoms with Crippen LogP contribution in [-0.2, 0) is 11.3 Å². The molecule has 0 aliphatic rings. The number of ether oxygens (including phenoxy) is 2. The van der Waals surface area contributed by atoms with Gasteiger partial charge in [-0.1, -0.05) is 0 Å². The number of alkyl halides is 3. The molecule has 4 aromatic rings.